The summed E-state index contributed by atoms with van der Waals surface area (Å²) >= 11 is 0. The first-order chi connectivity index (χ1) is 9.74. The van der Waals surface area contributed by atoms with Crippen molar-refractivity contribution < 1.29 is 9.90 Å². The van der Waals surface area contributed by atoms with E-state index in [-0.39, 0.29) is 11.7 Å². The quantitative estimate of drug-likeness (QED) is 0.896. The Kier molecular flexibility index (Phi) is 3.33. The summed E-state index contributed by atoms with van der Waals surface area (Å²) in [5.74, 6) is -0.455. The van der Waals surface area contributed by atoms with Crippen LogP contribution in [0.1, 0.15) is 40.5 Å². The van der Waals surface area contributed by atoms with Crippen LogP contribution in [0.25, 0.3) is 0 Å². The number of aryl methyl sites for hydroxylation is 1. The minimum atomic E-state index is -1.06. The molecule has 1 aliphatic rings. The van der Waals surface area contributed by atoms with Crippen LogP contribution in [-0.2, 0) is 6.42 Å². The fraction of sp³-hybridized carbons (Fsp3) is 0.267. The molecule has 2 aromatic rings. The van der Waals surface area contributed by atoms with Gasteiger partial charge in [-0.05, 0) is 30.4 Å². The van der Waals surface area contributed by atoms with Gasteiger partial charge in [0.15, 0.2) is 5.69 Å². The number of hydrogen-bond donors (Lipinski definition) is 2. The molecule has 1 aliphatic carbocycles. The van der Waals surface area contributed by atoms with Crippen molar-refractivity contribution in [1.82, 2.24) is 9.97 Å². The van der Waals surface area contributed by atoms with Crippen molar-refractivity contribution in [3.05, 3.63) is 53.5 Å². The number of carboxylic acids is 1. The largest absolute Gasteiger partial charge is 0.476 e. The number of fused-ring (bicyclic) bond motifs is 1. The maximum atomic E-state index is 10.7. The molecule has 1 aromatic heterocycles. The highest BCUT2D eigenvalue weighted by Crippen LogP contribution is 2.31. The lowest BCUT2D eigenvalue weighted by Crippen LogP contribution is -2.18. The minimum absolute atomic E-state index is 0.0420. The molecule has 0 aliphatic heterocycles. The minimum Gasteiger partial charge on any atom is -0.476 e. The first-order valence-corrected chi connectivity index (χ1v) is 6.64. The second-order valence-electron chi connectivity index (χ2n) is 4.88. The fourth-order valence-electron chi connectivity index (χ4n) is 2.60. The SMILES string of the molecule is O=C(O)c1cnc(NC2CCCc3ccccc32)cn1. The Morgan fingerprint density at radius 2 is 2.10 bits per heavy atom. The van der Waals surface area contributed by atoms with Crippen molar-refractivity contribution in [3.63, 3.8) is 0 Å². The van der Waals surface area contributed by atoms with Gasteiger partial charge in [-0.15, -0.1) is 0 Å². The molecule has 0 radical (unpaired) electrons. The number of aromatic carboxylic acids is 1. The molecule has 0 fully saturated rings. The van der Waals surface area contributed by atoms with Gasteiger partial charge in [-0.3, -0.25) is 0 Å². The topological polar surface area (TPSA) is 75.1 Å². The molecule has 5 heteroatoms. The number of aromatic nitrogens is 2. The average molecular weight is 269 g/mol. The van der Waals surface area contributed by atoms with Gasteiger partial charge in [0, 0.05) is 0 Å². The summed E-state index contributed by atoms with van der Waals surface area (Å²) in [7, 11) is 0. The maximum absolute atomic E-state index is 10.7. The number of anilines is 1. The molecule has 1 atom stereocenters. The molecule has 20 heavy (non-hydrogen) atoms. The van der Waals surface area contributed by atoms with E-state index in [1.165, 1.54) is 23.5 Å². The maximum Gasteiger partial charge on any atom is 0.356 e. The third-order valence-electron chi connectivity index (χ3n) is 3.56. The van der Waals surface area contributed by atoms with Crippen molar-refractivity contribution in [2.45, 2.75) is 25.3 Å². The number of nitrogens with one attached hydrogen (secondary N) is 1. The Hall–Kier alpha value is -2.43. The van der Waals surface area contributed by atoms with Crippen LogP contribution in [0.5, 0.6) is 0 Å². The summed E-state index contributed by atoms with van der Waals surface area (Å²) in [4.78, 5) is 18.7. The Labute approximate surface area is 116 Å². The first kappa shape index (κ1) is 12.6. The molecule has 5 nitrogen and oxygen atoms in total. The van der Waals surface area contributed by atoms with Gasteiger partial charge in [0.2, 0.25) is 0 Å². The number of rotatable bonds is 3. The summed E-state index contributed by atoms with van der Waals surface area (Å²) in [6.07, 6.45) is 6.03. The van der Waals surface area contributed by atoms with Gasteiger partial charge in [-0.25, -0.2) is 14.8 Å². The van der Waals surface area contributed by atoms with Crippen LogP contribution in [0.4, 0.5) is 5.82 Å². The predicted molar refractivity (Wildman–Crippen MR) is 74.7 cm³/mol. The summed E-state index contributed by atoms with van der Waals surface area (Å²) < 4.78 is 0. The van der Waals surface area contributed by atoms with E-state index in [0.717, 1.165) is 19.3 Å². The molecule has 1 heterocycles. The van der Waals surface area contributed by atoms with Crippen molar-refractivity contribution >= 4 is 11.8 Å². The Morgan fingerprint density at radius 1 is 1.25 bits per heavy atom. The zero-order chi connectivity index (χ0) is 13.9. The van der Waals surface area contributed by atoms with E-state index < -0.39 is 5.97 Å². The number of carbonyl (C=O) groups is 1. The lowest BCUT2D eigenvalue weighted by Gasteiger charge is -2.26. The number of hydrogen-bond acceptors (Lipinski definition) is 4. The van der Waals surface area contributed by atoms with E-state index >= 15 is 0 Å². The van der Waals surface area contributed by atoms with Crippen LogP contribution >= 0.6 is 0 Å². The third-order valence-corrected chi connectivity index (χ3v) is 3.56. The lowest BCUT2D eigenvalue weighted by molar-refractivity contribution is 0.0690. The standard InChI is InChI=1S/C15H15N3O2/c19-15(20)13-8-17-14(9-16-13)18-12-7-3-5-10-4-1-2-6-11(10)12/h1-2,4,6,8-9,12H,3,5,7H2,(H,17,18)(H,19,20). The van der Waals surface area contributed by atoms with Gasteiger partial charge < -0.3 is 10.4 Å². The van der Waals surface area contributed by atoms with E-state index in [9.17, 15) is 4.79 Å². The molecule has 1 aromatic carbocycles. The normalized spacial score (nSPS) is 17.3. The van der Waals surface area contributed by atoms with Gasteiger partial charge >= 0.3 is 5.97 Å². The van der Waals surface area contributed by atoms with Crippen molar-refractivity contribution in [2.75, 3.05) is 5.32 Å². The molecule has 0 saturated heterocycles. The van der Waals surface area contributed by atoms with Crippen LogP contribution < -0.4 is 5.32 Å². The molecular formula is C15H15N3O2. The van der Waals surface area contributed by atoms with Gasteiger partial charge in [0.1, 0.15) is 5.82 Å². The van der Waals surface area contributed by atoms with Crippen LogP contribution in [0.3, 0.4) is 0 Å². The number of benzene rings is 1. The van der Waals surface area contributed by atoms with E-state index in [1.54, 1.807) is 0 Å². The molecule has 1 unspecified atom stereocenters. The predicted octanol–water partition coefficient (Wildman–Crippen LogP) is 2.66. The van der Waals surface area contributed by atoms with Crippen molar-refractivity contribution in [1.29, 1.82) is 0 Å². The summed E-state index contributed by atoms with van der Waals surface area (Å²) in [5.41, 5.74) is 2.62. The molecule has 0 amide bonds. The van der Waals surface area contributed by atoms with E-state index in [0.29, 0.717) is 5.82 Å². The summed E-state index contributed by atoms with van der Waals surface area (Å²) in [6, 6.07) is 8.60. The van der Waals surface area contributed by atoms with Gasteiger partial charge in [-0.2, -0.15) is 0 Å². The molecule has 102 valence electrons. The van der Waals surface area contributed by atoms with E-state index in [1.807, 2.05) is 6.07 Å². The van der Waals surface area contributed by atoms with Crippen LogP contribution in [0.15, 0.2) is 36.7 Å². The Morgan fingerprint density at radius 3 is 2.85 bits per heavy atom. The first-order valence-electron chi connectivity index (χ1n) is 6.64. The summed E-state index contributed by atoms with van der Waals surface area (Å²) in [5, 5.41) is 12.1. The molecule has 0 saturated carbocycles. The molecule has 0 bridgehead atoms. The second kappa shape index (κ2) is 5.28. The van der Waals surface area contributed by atoms with E-state index in [4.69, 9.17) is 5.11 Å². The number of nitrogens with zero attached hydrogens (tertiary/aromatic N) is 2. The van der Waals surface area contributed by atoms with Crippen LogP contribution in [0, 0.1) is 0 Å². The third kappa shape index (κ3) is 2.47. The molecule has 0 spiro atoms. The highest BCUT2D eigenvalue weighted by atomic mass is 16.4. The average Bonchev–Trinajstić information content (AvgIpc) is 2.48. The highest BCUT2D eigenvalue weighted by molar-refractivity contribution is 5.84. The molecule has 3 rings (SSSR count). The summed E-state index contributed by atoms with van der Waals surface area (Å²) in [6.45, 7) is 0. The van der Waals surface area contributed by atoms with Gasteiger partial charge in [0.25, 0.3) is 0 Å². The molecule has 2 N–H and O–H groups in total. The van der Waals surface area contributed by atoms with Crippen molar-refractivity contribution in [2.24, 2.45) is 0 Å². The zero-order valence-electron chi connectivity index (χ0n) is 10.9. The van der Waals surface area contributed by atoms with Crippen LogP contribution in [-0.4, -0.2) is 21.0 Å². The smallest absolute Gasteiger partial charge is 0.356 e. The van der Waals surface area contributed by atoms with E-state index in [2.05, 4.69) is 33.5 Å². The highest BCUT2D eigenvalue weighted by Gasteiger charge is 2.19. The van der Waals surface area contributed by atoms with Gasteiger partial charge in [-0.1, -0.05) is 24.3 Å². The zero-order valence-corrected chi connectivity index (χ0v) is 10.9. The Balaban J connectivity index is 1.80. The fourth-order valence-corrected chi connectivity index (χ4v) is 2.60. The molecular weight excluding hydrogens is 254 g/mol. The second-order valence-corrected chi connectivity index (χ2v) is 4.88. The van der Waals surface area contributed by atoms with Crippen molar-refractivity contribution in [3.8, 4) is 0 Å². The van der Waals surface area contributed by atoms with Crippen LogP contribution in [0.2, 0.25) is 0 Å². The lowest BCUT2D eigenvalue weighted by atomic mass is 9.88. The monoisotopic (exact) mass is 269 g/mol. The van der Waals surface area contributed by atoms with Gasteiger partial charge in [0.05, 0.1) is 18.4 Å². The number of carboxylic acid groups (broad SMARTS) is 1. The Bertz CT molecular complexity index is 625.